The molecule has 5 nitrogen and oxygen atoms in total. The molecule has 29 heavy (non-hydrogen) atoms. The SMILES string of the molecule is CC(=O)c1cc2[nH]cc(C3CCCC3CCC(=O)Nc3ccccn3)c2cc1Cl. The van der Waals surface area contributed by atoms with Crippen LogP contribution in [0, 0.1) is 5.92 Å². The minimum atomic E-state index is -0.0364. The summed E-state index contributed by atoms with van der Waals surface area (Å²) in [6.45, 7) is 1.53. The van der Waals surface area contributed by atoms with Gasteiger partial charge in [0.05, 0.1) is 5.02 Å². The highest BCUT2D eigenvalue weighted by atomic mass is 35.5. The van der Waals surface area contributed by atoms with Crippen molar-refractivity contribution in [3.8, 4) is 0 Å². The van der Waals surface area contributed by atoms with E-state index in [1.165, 1.54) is 12.5 Å². The van der Waals surface area contributed by atoms with E-state index in [1.807, 2.05) is 30.5 Å². The number of hydrogen-bond acceptors (Lipinski definition) is 3. The highest BCUT2D eigenvalue weighted by molar-refractivity contribution is 6.34. The minimum Gasteiger partial charge on any atom is -0.361 e. The molecular formula is C23H24ClN3O2. The second kappa shape index (κ2) is 8.37. The van der Waals surface area contributed by atoms with Crippen molar-refractivity contribution in [3.05, 3.63) is 58.9 Å². The van der Waals surface area contributed by atoms with Gasteiger partial charge in [0.15, 0.2) is 5.78 Å². The summed E-state index contributed by atoms with van der Waals surface area (Å²) in [4.78, 5) is 31.5. The van der Waals surface area contributed by atoms with Gasteiger partial charge in [-0.25, -0.2) is 4.98 Å². The first-order valence-corrected chi connectivity index (χ1v) is 10.4. The molecular weight excluding hydrogens is 386 g/mol. The number of ketones is 1. The average molecular weight is 410 g/mol. The molecule has 150 valence electrons. The predicted molar refractivity (Wildman–Crippen MR) is 115 cm³/mol. The fraction of sp³-hybridized carbons (Fsp3) is 0.348. The van der Waals surface area contributed by atoms with E-state index in [9.17, 15) is 9.59 Å². The van der Waals surface area contributed by atoms with E-state index in [-0.39, 0.29) is 11.7 Å². The second-order valence-electron chi connectivity index (χ2n) is 7.78. The van der Waals surface area contributed by atoms with Crippen LogP contribution in [0.5, 0.6) is 0 Å². The summed E-state index contributed by atoms with van der Waals surface area (Å²) in [7, 11) is 0. The second-order valence-corrected chi connectivity index (χ2v) is 8.18. The molecule has 2 unspecified atom stereocenters. The van der Waals surface area contributed by atoms with Gasteiger partial charge in [0, 0.05) is 35.3 Å². The molecule has 4 rings (SSSR count). The Kier molecular flexibility index (Phi) is 5.67. The molecule has 1 saturated carbocycles. The first-order chi connectivity index (χ1) is 14.0. The maximum Gasteiger partial charge on any atom is 0.225 e. The van der Waals surface area contributed by atoms with Crippen molar-refractivity contribution in [2.75, 3.05) is 5.32 Å². The summed E-state index contributed by atoms with van der Waals surface area (Å²) in [5.74, 6) is 1.40. The van der Waals surface area contributed by atoms with E-state index in [1.54, 1.807) is 12.3 Å². The summed E-state index contributed by atoms with van der Waals surface area (Å²) >= 11 is 6.36. The third-order valence-electron chi connectivity index (χ3n) is 5.91. The number of carbonyl (C=O) groups excluding carboxylic acids is 2. The van der Waals surface area contributed by atoms with E-state index in [2.05, 4.69) is 15.3 Å². The third kappa shape index (κ3) is 4.20. The zero-order chi connectivity index (χ0) is 20.4. The number of amides is 1. The summed E-state index contributed by atoms with van der Waals surface area (Å²) in [6, 6.07) is 9.22. The van der Waals surface area contributed by atoms with Gasteiger partial charge < -0.3 is 10.3 Å². The van der Waals surface area contributed by atoms with Gasteiger partial charge in [-0.05, 0) is 67.9 Å². The summed E-state index contributed by atoms with van der Waals surface area (Å²) in [6.07, 6.45) is 8.41. The molecule has 1 fully saturated rings. The topological polar surface area (TPSA) is 74.8 Å². The van der Waals surface area contributed by atoms with Gasteiger partial charge in [-0.2, -0.15) is 0 Å². The quantitative estimate of drug-likeness (QED) is 0.511. The first kappa shape index (κ1) is 19.6. The van der Waals surface area contributed by atoms with Crippen LogP contribution in [-0.2, 0) is 4.79 Å². The fourth-order valence-electron chi connectivity index (χ4n) is 4.49. The van der Waals surface area contributed by atoms with E-state index in [4.69, 9.17) is 11.6 Å². The third-order valence-corrected chi connectivity index (χ3v) is 6.23. The predicted octanol–water partition coefficient (Wildman–Crippen LogP) is 5.72. The van der Waals surface area contributed by atoms with Crippen molar-refractivity contribution in [1.29, 1.82) is 0 Å². The molecule has 0 spiro atoms. The lowest BCUT2D eigenvalue weighted by Crippen LogP contribution is -2.15. The maximum absolute atomic E-state index is 12.3. The molecule has 1 amide bonds. The van der Waals surface area contributed by atoms with Crippen LogP contribution >= 0.6 is 11.6 Å². The summed E-state index contributed by atoms with van der Waals surface area (Å²) in [5.41, 5.74) is 2.72. The highest BCUT2D eigenvalue weighted by Gasteiger charge is 2.30. The molecule has 2 atom stereocenters. The van der Waals surface area contributed by atoms with Crippen LogP contribution in [0.3, 0.4) is 0 Å². The molecule has 0 bridgehead atoms. The number of H-pyrrole nitrogens is 1. The van der Waals surface area contributed by atoms with Crippen molar-refractivity contribution in [1.82, 2.24) is 9.97 Å². The van der Waals surface area contributed by atoms with E-state index in [0.29, 0.717) is 34.7 Å². The Labute approximate surface area is 174 Å². The Morgan fingerprint density at radius 2 is 2.14 bits per heavy atom. The van der Waals surface area contributed by atoms with E-state index < -0.39 is 0 Å². The number of fused-ring (bicyclic) bond motifs is 1. The Balaban J connectivity index is 1.48. The smallest absolute Gasteiger partial charge is 0.225 e. The molecule has 0 aliphatic heterocycles. The van der Waals surface area contributed by atoms with Crippen molar-refractivity contribution in [2.45, 2.75) is 44.9 Å². The maximum atomic E-state index is 12.3. The Bertz CT molecular complexity index is 1040. The van der Waals surface area contributed by atoms with Gasteiger partial charge in [0.1, 0.15) is 5.82 Å². The number of aromatic amines is 1. The van der Waals surface area contributed by atoms with Gasteiger partial charge >= 0.3 is 0 Å². The van der Waals surface area contributed by atoms with Crippen molar-refractivity contribution < 1.29 is 9.59 Å². The minimum absolute atomic E-state index is 0.00224. The number of aromatic nitrogens is 2. The Morgan fingerprint density at radius 1 is 1.28 bits per heavy atom. The Hall–Kier alpha value is -2.66. The number of anilines is 1. The van der Waals surface area contributed by atoms with Crippen molar-refractivity contribution in [3.63, 3.8) is 0 Å². The van der Waals surface area contributed by atoms with Crippen molar-refractivity contribution >= 4 is 40.0 Å². The van der Waals surface area contributed by atoms with Gasteiger partial charge in [0.25, 0.3) is 0 Å². The zero-order valence-electron chi connectivity index (χ0n) is 16.4. The van der Waals surface area contributed by atoms with Gasteiger partial charge in [0.2, 0.25) is 5.91 Å². The molecule has 2 heterocycles. The molecule has 0 radical (unpaired) electrons. The monoisotopic (exact) mass is 409 g/mol. The average Bonchev–Trinajstić information content (AvgIpc) is 3.32. The van der Waals surface area contributed by atoms with Gasteiger partial charge in [-0.1, -0.05) is 24.1 Å². The van der Waals surface area contributed by atoms with Gasteiger partial charge in [-0.3, -0.25) is 9.59 Å². The lowest BCUT2D eigenvalue weighted by Gasteiger charge is -2.19. The molecule has 6 heteroatoms. The number of pyridine rings is 1. The molecule has 1 aliphatic rings. The fourth-order valence-corrected chi connectivity index (χ4v) is 4.79. The number of halogens is 1. The number of nitrogens with one attached hydrogen (secondary N) is 2. The molecule has 1 aromatic carbocycles. The number of carbonyl (C=O) groups is 2. The number of nitrogens with zero attached hydrogens (tertiary/aromatic N) is 1. The van der Waals surface area contributed by atoms with Crippen LogP contribution in [0.15, 0.2) is 42.7 Å². The normalized spacial score (nSPS) is 18.8. The number of Topliss-reactive ketones (excluding diaryl/α,β-unsaturated/α-hetero) is 1. The molecule has 2 N–H and O–H groups in total. The van der Waals surface area contributed by atoms with Crippen LogP contribution in [0.4, 0.5) is 5.82 Å². The van der Waals surface area contributed by atoms with Crippen LogP contribution < -0.4 is 5.32 Å². The molecule has 2 aromatic heterocycles. The molecule has 1 aliphatic carbocycles. The number of benzene rings is 1. The molecule has 3 aromatic rings. The van der Waals surface area contributed by atoms with Crippen LogP contribution in [0.2, 0.25) is 5.02 Å². The summed E-state index contributed by atoms with van der Waals surface area (Å²) in [5, 5.41) is 4.44. The number of hydrogen-bond donors (Lipinski definition) is 2. The highest BCUT2D eigenvalue weighted by Crippen LogP contribution is 2.45. The first-order valence-electron chi connectivity index (χ1n) is 10.1. The van der Waals surface area contributed by atoms with Gasteiger partial charge in [-0.15, -0.1) is 0 Å². The van der Waals surface area contributed by atoms with Crippen LogP contribution in [-0.4, -0.2) is 21.7 Å². The van der Waals surface area contributed by atoms with E-state index >= 15 is 0 Å². The largest absolute Gasteiger partial charge is 0.361 e. The molecule has 0 saturated heterocycles. The zero-order valence-corrected chi connectivity index (χ0v) is 17.1. The summed E-state index contributed by atoms with van der Waals surface area (Å²) < 4.78 is 0. The van der Waals surface area contributed by atoms with Crippen molar-refractivity contribution in [2.24, 2.45) is 5.92 Å². The number of rotatable bonds is 6. The van der Waals surface area contributed by atoms with Crippen LogP contribution in [0.1, 0.15) is 60.9 Å². The Morgan fingerprint density at radius 3 is 2.90 bits per heavy atom. The van der Waals surface area contributed by atoms with E-state index in [0.717, 1.165) is 36.6 Å². The van der Waals surface area contributed by atoms with Crippen LogP contribution in [0.25, 0.3) is 10.9 Å². The standard InChI is InChI=1S/C23H24ClN3O2/c1-14(28)17-12-21-18(11-20(17)24)19(13-26-21)16-6-4-5-15(16)8-9-23(29)27-22-7-2-3-10-25-22/h2-3,7,10-13,15-16,26H,4-6,8-9H2,1H3,(H,25,27,29). The lowest BCUT2D eigenvalue weighted by molar-refractivity contribution is -0.116. The lowest BCUT2D eigenvalue weighted by atomic mass is 9.85.